The van der Waals surface area contributed by atoms with E-state index < -0.39 is 0 Å². The van der Waals surface area contributed by atoms with Crippen LogP contribution in [0.4, 0.5) is 0 Å². The lowest BCUT2D eigenvalue weighted by Crippen LogP contribution is -2.35. The Kier molecular flexibility index (Phi) is 5.50. The molecule has 1 aromatic heterocycles. The van der Waals surface area contributed by atoms with E-state index in [1.807, 2.05) is 13.0 Å². The van der Waals surface area contributed by atoms with E-state index in [0.29, 0.717) is 19.2 Å². The molecule has 0 fully saturated rings. The lowest BCUT2D eigenvalue weighted by molar-refractivity contribution is 0.0869. The average Bonchev–Trinajstić information content (AvgIpc) is 3.05. The molecule has 6 heteroatoms. The molecule has 0 spiro atoms. The van der Waals surface area contributed by atoms with Crippen LogP contribution >= 0.6 is 0 Å². The summed E-state index contributed by atoms with van der Waals surface area (Å²) in [6.45, 7) is 6.11. The van der Waals surface area contributed by atoms with E-state index in [0.717, 1.165) is 24.4 Å². The van der Waals surface area contributed by atoms with Gasteiger partial charge in [-0.1, -0.05) is 30.3 Å². The van der Waals surface area contributed by atoms with E-state index in [2.05, 4.69) is 46.4 Å². The minimum Gasteiger partial charge on any atom is -0.437 e. The van der Waals surface area contributed by atoms with Crippen molar-refractivity contribution < 1.29 is 13.9 Å². The zero-order valence-corrected chi connectivity index (χ0v) is 15.0. The third kappa shape index (κ3) is 4.08. The minimum atomic E-state index is -0.290. The maximum atomic E-state index is 12.2. The summed E-state index contributed by atoms with van der Waals surface area (Å²) in [5.74, 6) is 0.671. The number of amides is 1. The predicted octanol–water partition coefficient (Wildman–Crippen LogP) is 2.56. The van der Waals surface area contributed by atoms with Crippen molar-refractivity contribution in [1.29, 1.82) is 0 Å². The molecule has 134 valence electrons. The first-order valence-electron chi connectivity index (χ1n) is 8.66. The fourth-order valence-corrected chi connectivity index (χ4v) is 3.17. The minimum absolute atomic E-state index is 0.0870. The van der Waals surface area contributed by atoms with Gasteiger partial charge >= 0.3 is 5.91 Å². The van der Waals surface area contributed by atoms with E-state index in [1.165, 1.54) is 5.56 Å². The number of hydrogen-bond donors (Lipinski definition) is 1. The van der Waals surface area contributed by atoms with Gasteiger partial charge in [-0.3, -0.25) is 9.69 Å². The van der Waals surface area contributed by atoms with Crippen molar-refractivity contribution >= 4 is 5.91 Å². The fourth-order valence-electron chi connectivity index (χ4n) is 3.17. The van der Waals surface area contributed by atoms with Crippen LogP contribution in [0.25, 0.3) is 0 Å². The van der Waals surface area contributed by atoms with Gasteiger partial charge in [0.15, 0.2) is 0 Å². The Balaban J connectivity index is 1.68. The highest BCUT2D eigenvalue weighted by atomic mass is 16.5. The first-order chi connectivity index (χ1) is 12.1. The maximum absolute atomic E-state index is 12.2. The number of oxazole rings is 1. The number of carbonyl (C=O) groups excluding carboxylic acids is 1. The molecule has 0 aliphatic carbocycles. The summed E-state index contributed by atoms with van der Waals surface area (Å²) in [4.78, 5) is 19.0. The molecule has 0 unspecified atom stereocenters. The number of rotatable bonds is 6. The fraction of sp³-hybridized carbons (Fsp3) is 0.474. The number of nitrogens with one attached hydrogen (secondary N) is 1. The van der Waals surface area contributed by atoms with Gasteiger partial charge in [0.1, 0.15) is 5.76 Å². The normalized spacial score (nSPS) is 16.9. The van der Waals surface area contributed by atoms with Gasteiger partial charge in [-0.25, -0.2) is 4.98 Å². The number of methoxy groups -OCH3 is 1. The van der Waals surface area contributed by atoms with Crippen molar-refractivity contribution in [3.63, 3.8) is 0 Å². The summed E-state index contributed by atoms with van der Waals surface area (Å²) < 4.78 is 10.7. The summed E-state index contributed by atoms with van der Waals surface area (Å²) in [7, 11) is 1.61. The number of carbonyl (C=O) groups is 1. The Morgan fingerprint density at radius 3 is 2.84 bits per heavy atom. The lowest BCUT2D eigenvalue weighted by Gasteiger charge is -2.31. The number of hydrogen-bond acceptors (Lipinski definition) is 5. The van der Waals surface area contributed by atoms with Crippen LogP contribution in [-0.2, 0) is 17.7 Å². The highest BCUT2D eigenvalue weighted by Crippen LogP contribution is 2.27. The van der Waals surface area contributed by atoms with Crippen LogP contribution < -0.4 is 5.32 Å². The highest BCUT2D eigenvalue weighted by molar-refractivity contribution is 5.89. The molecule has 0 bridgehead atoms. The van der Waals surface area contributed by atoms with Crippen LogP contribution in [-0.4, -0.2) is 42.1 Å². The standard InChI is InChI=1S/C19H25N3O3/c1-13(12-24-3)20-18(23)19-21-16-11-22(10-9-17(16)25-19)14(2)15-7-5-4-6-8-15/h4-8,13-14H,9-12H2,1-3H3,(H,20,23)/t13-,14+/m1/s1. The van der Waals surface area contributed by atoms with Gasteiger partial charge in [0.25, 0.3) is 5.89 Å². The molecule has 2 heterocycles. The summed E-state index contributed by atoms with van der Waals surface area (Å²) in [5, 5.41) is 2.83. The van der Waals surface area contributed by atoms with Crippen molar-refractivity contribution in [2.24, 2.45) is 0 Å². The third-order valence-electron chi connectivity index (χ3n) is 4.58. The molecule has 1 aliphatic rings. The molecule has 3 rings (SSSR count). The van der Waals surface area contributed by atoms with Crippen LogP contribution in [0.3, 0.4) is 0 Å². The molecule has 6 nitrogen and oxygen atoms in total. The van der Waals surface area contributed by atoms with Crippen LogP contribution in [0.1, 0.15) is 47.6 Å². The molecule has 2 atom stereocenters. The summed E-state index contributed by atoms with van der Waals surface area (Å²) in [5.41, 5.74) is 2.14. The molecule has 1 aromatic carbocycles. The van der Waals surface area contributed by atoms with Crippen LogP contribution in [0.2, 0.25) is 0 Å². The Labute approximate surface area is 148 Å². The Hall–Kier alpha value is -2.18. The van der Waals surface area contributed by atoms with Gasteiger partial charge < -0.3 is 14.5 Å². The maximum Gasteiger partial charge on any atom is 0.307 e. The van der Waals surface area contributed by atoms with Gasteiger partial charge in [0, 0.05) is 38.7 Å². The molecule has 1 amide bonds. The van der Waals surface area contributed by atoms with E-state index in [1.54, 1.807) is 7.11 Å². The van der Waals surface area contributed by atoms with Gasteiger partial charge in [-0.15, -0.1) is 0 Å². The van der Waals surface area contributed by atoms with Crippen molar-refractivity contribution in [3.8, 4) is 0 Å². The Morgan fingerprint density at radius 1 is 1.36 bits per heavy atom. The largest absolute Gasteiger partial charge is 0.437 e. The van der Waals surface area contributed by atoms with Gasteiger partial charge in [0.2, 0.25) is 0 Å². The zero-order valence-electron chi connectivity index (χ0n) is 15.0. The van der Waals surface area contributed by atoms with Crippen LogP contribution in [0.15, 0.2) is 34.7 Å². The quantitative estimate of drug-likeness (QED) is 0.873. The van der Waals surface area contributed by atoms with Gasteiger partial charge in [-0.05, 0) is 19.4 Å². The Bertz CT molecular complexity index is 714. The number of benzene rings is 1. The second kappa shape index (κ2) is 7.80. The summed E-state index contributed by atoms with van der Waals surface area (Å²) in [6.07, 6.45) is 0.764. The first-order valence-corrected chi connectivity index (χ1v) is 8.66. The van der Waals surface area contributed by atoms with E-state index >= 15 is 0 Å². The van der Waals surface area contributed by atoms with Crippen molar-refractivity contribution in [2.45, 2.75) is 38.9 Å². The zero-order chi connectivity index (χ0) is 17.8. The second-order valence-corrected chi connectivity index (χ2v) is 6.53. The molecule has 0 radical (unpaired) electrons. The molecular weight excluding hydrogens is 318 g/mol. The molecule has 0 saturated carbocycles. The number of aromatic nitrogens is 1. The molecule has 25 heavy (non-hydrogen) atoms. The molecular formula is C19H25N3O3. The van der Waals surface area contributed by atoms with Crippen molar-refractivity contribution in [2.75, 3.05) is 20.3 Å². The smallest absolute Gasteiger partial charge is 0.307 e. The number of nitrogens with zero attached hydrogens (tertiary/aromatic N) is 2. The average molecular weight is 343 g/mol. The van der Waals surface area contributed by atoms with Crippen LogP contribution in [0, 0.1) is 0 Å². The SMILES string of the molecule is COC[C@@H](C)NC(=O)c1nc2c(o1)CCN([C@@H](C)c1ccccc1)C2. The van der Waals surface area contributed by atoms with Crippen LogP contribution in [0.5, 0.6) is 0 Å². The molecule has 1 aliphatic heterocycles. The predicted molar refractivity (Wildman–Crippen MR) is 94.3 cm³/mol. The van der Waals surface area contributed by atoms with E-state index in [-0.39, 0.29) is 17.8 Å². The molecule has 1 N–H and O–H groups in total. The molecule has 0 saturated heterocycles. The molecule has 2 aromatic rings. The van der Waals surface area contributed by atoms with E-state index in [9.17, 15) is 4.79 Å². The van der Waals surface area contributed by atoms with Crippen molar-refractivity contribution in [1.82, 2.24) is 15.2 Å². The third-order valence-corrected chi connectivity index (χ3v) is 4.58. The lowest BCUT2D eigenvalue weighted by atomic mass is 10.0. The van der Waals surface area contributed by atoms with Gasteiger partial charge in [-0.2, -0.15) is 0 Å². The monoisotopic (exact) mass is 343 g/mol. The highest BCUT2D eigenvalue weighted by Gasteiger charge is 2.27. The second-order valence-electron chi connectivity index (χ2n) is 6.53. The topological polar surface area (TPSA) is 67.6 Å². The van der Waals surface area contributed by atoms with E-state index in [4.69, 9.17) is 9.15 Å². The Morgan fingerprint density at radius 2 is 2.12 bits per heavy atom. The number of ether oxygens (including phenoxy) is 1. The van der Waals surface area contributed by atoms with Crippen molar-refractivity contribution in [3.05, 3.63) is 53.2 Å². The summed E-state index contributed by atoms with van der Waals surface area (Å²) >= 11 is 0. The first kappa shape index (κ1) is 17.6. The summed E-state index contributed by atoms with van der Waals surface area (Å²) in [6, 6.07) is 10.6. The van der Waals surface area contributed by atoms with Gasteiger partial charge in [0.05, 0.1) is 12.3 Å². The number of fused-ring (bicyclic) bond motifs is 1.